The number of aliphatic hydroxyl groups excluding tert-OH is 2. The summed E-state index contributed by atoms with van der Waals surface area (Å²) >= 11 is 0. The Morgan fingerprint density at radius 1 is 1.30 bits per heavy atom. The highest BCUT2D eigenvalue weighted by molar-refractivity contribution is 5.40. The van der Waals surface area contributed by atoms with Crippen molar-refractivity contribution >= 4 is 0 Å². The van der Waals surface area contributed by atoms with Gasteiger partial charge in [-0.1, -0.05) is 56.2 Å². The van der Waals surface area contributed by atoms with Crippen LogP contribution in [0.3, 0.4) is 0 Å². The summed E-state index contributed by atoms with van der Waals surface area (Å²) in [5.41, 5.74) is 4.55. The van der Waals surface area contributed by atoms with Gasteiger partial charge in [-0.25, -0.2) is 0 Å². The summed E-state index contributed by atoms with van der Waals surface area (Å²) in [6, 6.07) is 0. The number of hydrogen-bond acceptors (Lipinski definition) is 3. The van der Waals surface area contributed by atoms with Crippen molar-refractivity contribution in [3.63, 3.8) is 0 Å². The molecule has 0 aliphatic heterocycles. The number of aliphatic hydroxyl groups is 3. The smallest absolute Gasteiger partial charge is 0.0811 e. The van der Waals surface area contributed by atoms with Crippen molar-refractivity contribution in [2.75, 3.05) is 0 Å². The van der Waals surface area contributed by atoms with Gasteiger partial charge in [0.2, 0.25) is 0 Å². The first-order valence-electron chi connectivity index (χ1n) is 11.9. The molecular formula is C27H42O3. The first-order chi connectivity index (χ1) is 14.0. The monoisotopic (exact) mass is 414 g/mol. The molecule has 0 spiro atoms. The lowest BCUT2D eigenvalue weighted by Gasteiger charge is -2.42. The van der Waals surface area contributed by atoms with E-state index in [4.69, 9.17) is 0 Å². The van der Waals surface area contributed by atoms with Crippen LogP contribution in [0.15, 0.2) is 47.1 Å². The van der Waals surface area contributed by atoms with E-state index in [1.54, 1.807) is 5.57 Å². The van der Waals surface area contributed by atoms with Crippen molar-refractivity contribution < 1.29 is 15.3 Å². The fraction of sp³-hybridized carbons (Fsp3) is 0.704. The molecule has 2 fully saturated rings. The van der Waals surface area contributed by atoms with Crippen LogP contribution in [0.5, 0.6) is 0 Å². The minimum absolute atomic E-state index is 0.235. The van der Waals surface area contributed by atoms with Crippen molar-refractivity contribution in [2.45, 2.75) is 103 Å². The second-order valence-electron chi connectivity index (χ2n) is 10.9. The highest BCUT2D eigenvalue weighted by Gasteiger charge is 2.45. The number of fused-ring (bicyclic) bond motifs is 1. The molecule has 0 saturated heterocycles. The third-order valence-corrected chi connectivity index (χ3v) is 7.83. The Hall–Kier alpha value is -1.16. The molecule has 0 amide bonds. The van der Waals surface area contributed by atoms with Crippen molar-refractivity contribution in [1.82, 2.24) is 0 Å². The fourth-order valence-electron chi connectivity index (χ4n) is 6.08. The second kappa shape index (κ2) is 9.14. The van der Waals surface area contributed by atoms with Gasteiger partial charge in [-0.3, -0.25) is 0 Å². The zero-order valence-corrected chi connectivity index (χ0v) is 19.5. The molecule has 168 valence electrons. The highest BCUT2D eigenvalue weighted by atomic mass is 16.3. The van der Waals surface area contributed by atoms with Crippen LogP contribution in [0.2, 0.25) is 0 Å². The van der Waals surface area contributed by atoms with Crippen LogP contribution in [-0.2, 0) is 0 Å². The van der Waals surface area contributed by atoms with E-state index >= 15 is 0 Å². The lowest BCUT2D eigenvalue weighted by molar-refractivity contribution is 0.0670. The molecule has 0 heterocycles. The van der Waals surface area contributed by atoms with Crippen molar-refractivity contribution in [3.05, 3.63) is 47.1 Å². The maximum atomic E-state index is 10.1. The standard InChI is InChI=1S/C27H42O3/c1-18(8-6-14-26(3,4)30)23-12-13-24-20(9-7-15-27(23,24)5)10-11-21-16-22(28)17-25(29)19(21)2/h10-12,18,22,24-25,28-30H,2,6-9,13-17H2,1,3-5H3/b20-10+,21-11+/t18-,22+,24-,25-,27+/m0/s1. The van der Waals surface area contributed by atoms with E-state index in [1.807, 2.05) is 13.8 Å². The normalized spacial score (nSPS) is 36.2. The molecular weight excluding hydrogens is 372 g/mol. The maximum Gasteiger partial charge on any atom is 0.0811 e. The SMILES string of the molecule is C=C1/C(=C/C=C2\CCC[C@]3(C)C([C@@H](C)CCCC(C)(C)O)=CC[C@@H]23)C[C@@H](O)C[C@@H]1O. The molecule has 30 heavy (non-hydrogen) atoms. The van der Waals surface area contributed by atoms with Gasteiger partial charge < -0.3 is 15.3 Å². The molecule has 5 atom stereocenters. The zero-order valence-electron chi connectivity index (χ0n) is 19.5. The average Bonchev–Trinajstić information content (AvgIpc) is 3.00. The van der Waals surface area contributed by atoms with E-state index in [9.17, 15) is 15.3 Å². The molecule has 0 aromatic heterocycles. The average molecular weight is 415 g/mol. The van der Waals surface area contributed by atoms with E-state index in [0.29, 0.717) is 24.7 Å². The van der Waals surface area contributed by atoms with E-state index in [0.717, 1.165) is 43.3 Å². The van der Waals surface area contributed by atoms with Gasteiger partial charge in [0.25, 0.3) is 0 Å². The molecule has 0 radical (unpaired) electrons. The summed E-state index contributed by atoms with van der Waals surface area (Å²) in [4.78, 5) is 0. The van der Waals surface area contributed by atoms with Gasteiger partial charge in [0.05, 0.1) is 17.8 Å². The molecule has 3 N–H and O–H groups in total. The largest absolute Gasteiger partial charge is 0.393 e. The summed E-state index contributed by atoms with van der Waals surface area (Å²) in [6.07, 6.45) is 14.5. The van der Waals surface area contributed by atoms with E-state index in [-0.39, 0.29) is 5.41 Å². The maximum absolute atomic E-state index is 10.1. The van der Waals surface area contributed by atoms with Gasteiger partial charge in [-0.05, 0) is 87.2 Å². The molecule has 0 bridgehead atoms. The van der Waals surface area contributed by atoms with Crippen LogP contribution in [-0.4, -0.2) is 33.1 Å². The van der Waals surface area contributed by atoms with Crippen LogP contribution in [0.25, 0.3) is 0 Å². The predicted octanol–water partition coefficient (Wildman–Crippen LogP) is 5.62. The Morgan fingerprint density at radius 2 is 2.03 bits per heavy atom. The van der Waals surface area contributed by atoms with Crippen LogP contribution in [0, 0.1) is 17.3 Å². The third kappa shape index (κ3) is 5.18. The molecule has 0 aromatic carbocycles. The molecule has 0 aromatic rings. The Labute approximate surface area is 183 Å². The van der Waals surface area contributed by atoms with Gasteiger partial charge in [0.15, 0.2) is 0 Å². The zero-order chi connectivity index (χ0) is 22.1. The summed E-state index contributed by atoms with van der Waals surface area (Å²) < 4.78 is 0. The lowest BCUT2D eigenvalue weighted by Crippen LogP contribution is -2.32. The molecule has 3 nitrogen and oxygen atoms in total. The van der Waals surface area contributed by atoms with Gasteiger partial charge in [0.1, 0.15) is 0 Å². The Bertz CT molecular complexity index is 736. The first kappa shape index (κ1) is 23.5. The van der Waals surface area contributed by atoms with Crippen LogP contribution in [0.4, 0.5) is 0 Å². The summed E-state index contributed by atoms with van der Waals surface area (Å²) in [5, 5.41) is 30.2. The lowest BCUT2D eigenvalue weighted by atomic mass is 9.62. The summed E-state index contributed by atoms with van der Waals surface area (Å²) in [7, 11) is 0. The molecule has 3 aliphatic rings. The Balaban J connectivity index is 1.71. The summed E-state index contributed by atoms with van der Waals surface area (Å²) in [6.45, 7) is 12.7. The molecule has 2 saturated carbocycles. The predicted molar refractivity (Wildman–Crippen MR) is 124 cm³/mol. The number of rotatable bonds is 6. The highest BCUT2D eigenvalue weighted by Crippen LogP contribution is 2.57. The van der Waals surface area contributed by atoms with E-state index < -0.39 is 17.8 Å². The number of allylic oxidation sites excluding steroid dienone is 5. The van der Waals surface area contributed by atoms with Gasteiger partial charge in [-0.15, -0.1) is 0 Å². The third-order valence-electron chi connectivity index (χ3n) is 7.83. The summed E-state index contributed by atoms with van der Waals surface area (Å²) in [5.74, 6) is 1.12. The van der Waals surface area contributed by atoms with Crippen LogP contribution >= 0.6 is 0 Å². The quantitative estimate of drug-likeness (QED) is 0.494. The Morgan fingerprint density at radius 3 is 2.73 bits per heavy atom. The minimum Gasteiger partial charge on any atom is -0.393 e. The van der Waals surface area contributed by atoms with Crippen LogP contribution < -0.4 is 0 Å². The van der Waals surface area contributed by atoms with Gasteiger partial charge >= 0.3 is 0 Å². The van der Waals surface area contributed by atoms with Crippen molar-refractivity contribution in [3.8, 4) is 0 Å². The van der Waals surface area contributed by atoms with Gasteiger partial charge in [-0.2, -0.15) is 0 Å². The minimum atomic E-state index is -0.625. The first-order valence-corrected chi connectivity index (χ1v) is 11.9. The van der Waals surface area contributed by atoms with E-state index in [1.165, 1.54) is 18.4 Å². The molecule has 3 rings (SSSR count). The Kier molecular flexibility index (Phi) is 7.16. The van der Waals surface area contributed by atoms with Crippen LogP contribution in [0.1, 0.15) is 85.5 Å². The molecule has 3 heteroatoms. The fourth-order valence-corrected chi connectivity index (χ4v) is 6.08. The number of hydrogen-bond donors (Lipinski definition) is 3. The van der Waals surface area contributed by atoms with Gasteiger partial charge in [0, 0.05) is 6.42 Å². The molecule has 3 aliphatic carbocycles. The molecule has 0 unspecified atom stereocenters. The topological polar surface area (TPSA) is 60.7 Å². The van der Waals surface area contributed by atoms with Crippen molar-refractivity contribution in [1.29, 1.82) is 0 Å². The van der Waals surface area contributed by atoms with Crippen molar-refractivity contribution in [2.24, 2.45) is 17.3 Å². The second-order valence-corrected chi connectivity index (χ2v) is 10.9. The van der Waals surface area contributed by atoms with E-state index in [2.05, 4.69) is 38.7 Å².